The lowest BCUT2D eigenvalue weighted by molar-refractivity contribution is -0.00316. The lowest BCUT2D eigenvalue weighted by Gasteiger charge is -2.23. The van der Waals surface area contributed by atoms with Gasteiger partial charge in [-0.2, -0.15) is 0 Å². The van der Waals surface area contributed by atoms with Crippen LogP contribution in [0.3, 0.4) is 0 Å². The summed E-state index contributed by atoms with van der Waals surface area (Å²) in [4.78, 5) is 5.95. The Kier molecular flexibility index (Phi) is 2.97. The molecule has 1 aromatic heterocycles. The number of anilines is 1. The maximum Gasteiger partial charge on any atom is 0.183 e. The monoisotopic (exact) mass is 240 g/mol. The lowest BCUT2D eigenvalue weighted by Crippen LogP contribution is -2.26. The van der Waals surface area contributed by atoms with Crippen LogP contribution in [0.1, 0.15) is 51.3 Å². The van der Waals surface area contributed by atoms with E-state index in [1.54, 1.807) is 11.3 Å². The van der Waals surface area contributed by atoms with Crippen molar-refractivity contribution in [3.63, 3.8) is 0 Å². The second-order valence-corrected chi connectivity index (χ2v) is 6.53. The summed E-state index contributed by atoms with van der Waals surface area (Å²) in [5.41, 5.74) is 1.28. The minimum atomic E-state index is 0.0656. The van der Waals surface area contributed by atoms with E-state index in [4.69, 9.17) is 4.74 Å². The van der Waals surface area contributed by atoms with E-state index in [-0.39, 0.29) is 17.7 Å². The Morgan fingerprint density at radius 3 is 2.69 bits per heavy atom. The van der Waals surface area contributed by atoms with Crippen molar-refractivity contribution in [2.24, 2.45) is 0 Å². The second-order valence-electron chi connectivity index (χ2n) is 5.50. The number of rotatable bonds is 1. The molecule has 1 aliphatic heterocycles. The van der Waals surface area contributed by atoms with Gasteiger partial charge in [-0.1, -0.05) is 11.3 Å². The highest BCUT2D eigenvalue weighted by Gasteiger charge is 2.26. The second kappa shape index (κ2) is 4.00. The Balaban J connectivity index is 2.23. The minimum Gasteiger partial charge on any atom is -0.370 e. The van der Waals surface area contributed by atoms with Crippen molar-refractivity contribution in [3.8, 4) is 0 Å². The van der Waals surface area contributed by atoms with Crippen molar-refractivity contribution in [1.82, 2.24) is 4.98 Å². The molecule has 1 aromatic rings. The van der Waals surface area contributed by atoms with Crippen LogP contribution in [0.5, 0.6) is 0 Å². The first-order chi connectivity index (χ1) is 7.35. The maximum atomic E-state index is 5.80. The van der Waals surface area contributed by atoms with Crippen molar-refractivity contribution in [3.05, 3.63) is 10.6 Å². The smallest absolute Gasteiger partial charge is 0.183 e. The number of hydrogen-bond acceptors (Lipinski definition) is 4. The molecular formula is C12H20N2OS. The number of ether oxygens (including phenoxy) is 1. The van der Waals surface area contributed by atoms with Crippen LogP contribution in [-0.2, 0) is 11.2 Å². The molecule has 0 radical (unpaired) electrons. The molecule has 0 saturated carbocycles. The van der Waals surface area contributed by atoms with E-state index in [9.17, 15) is 0 Å². The lowest BCUT2D eigenvalue weighted by atomic mass is 10.1. The fourth-order valence-electron chi connectivity index (χ4n) is 1.93. The molecule has 2 unspecified atom stereocenters. The Morgan fingerprint density at radius 2 is 2.06 bits per heavy atom. The van der Waals surface area contributed by atoms with E-state index in [1.807, 2.05) is 0 Å². The quantitative estimate of drug-likeness (QED) is 0.817. The first kappa shape index (κ1) is 11.9. The zero-order chi connectivity index (χ0) is 11.9. The predicted molar refractivity (Wildman–Crippen MR) is 68.2 cm³/mol. The molecule has 0 aliphatic carbocycles. The van der Waals surface area contributed by atoms with E-state index in [0.717, 1.165) is 11.6 Å². The molecule has 2 atom stereocenters. The van der Waals surface area contributed by atoms with Gasteiger partial charge >= 0.3 is 0 Å². The summed E-state index contributed by atoms with van der Waals surface area (Å²) in [6.07, 6.45) is 1.40. The molecule has 2 heterocycles. The Hall–Kier alpha value is -0.610. The van der Waals surface area contributed by atoms with Crippen molar-refractivity contribution in [1.29, 1.82) is 0 Å². The maximum absolute atomic E-state index is 5.80. The molecule has 0 saturated heterocycles. The molecule has 1 aliphatic rings. The topological polar surface area (TPSA) is 34.2 Å². The molecule has 0 aromatic carbocycles. The zero-order valence-corrected chi connectivity index (χ0v) is 11.4. The standard InChI is InChI=1S/C12H20N2OS/c1-7-6-9-10(8(2)15-7)16-11(13-9)14-12(3,4)5/h7-8H,6H2,1-5H3,(H,13,14). The van der Waals surface area contributed by atoms with Crippen LogP contribution in [0.4, 0.5) is 5.13 Å². The third kappa shape index (κ3) is 2.55. The summed E-state index contributed by atoms with van der Waals surface area (Å²) >= 11 is 1.73. The SMILES string of the molecule is CC1Cc2nc(NC(C)(C)C)sc2C(C)O1. The molecule has 3 nitrogen and oxygen atoms in total. The Labute approximate surface area is 101 Å². The van der Waals surface area contributed by atoms with Crippen LogP contribution in [0.25, 0.3) is 0 Å². The fourth-order valence-corrected chi connectivity index (χ4v) is 3.12. The van der Waals surface area contributed by atoms with E-state index in [1.165, 1.54) is 10.6 Å². The molecule has 90 valence electrons. The Morgan fingerprint density at radius 1 is 1.38 bits per heavy atom. The molecule has 0 amide bonds. The summed E-state index contributed by atoms with van der Waals surface area (Å²) in [7, 11) is 0. The summed E-state index contributed by atoms with van der Waals surface area (Å²) in [6.45, 7) is 10.7. The highest BCUT2D eigenvalue weighted by Crippen LogP contribution is 2.36. The summed E-state index contributed by atoms with van der Waals surface area (Å²) < 4.78 is 5.80. The highest BCUT2D eigenvalue weighted by atomic mass is 32.1. The van der Waals surface area contributed by atoms with Crippen molar-refractivity contribution >= 4 is 16.5 Å². The van der Waals surface area contributed by atoms with E-state index >= 15 is 0 Å². The average molecular weight is 240 g/mol. The van der Waals surface area contributed by atoms with Crippen LogP contribution in [0, 0.1) is 0 Å². The molecule has 1 N–H and O–H groups in total. The molecule has 4 heteroatoms. The Bertz CT molecular complexity index is 381. The first-order valence-corrected chi connectivity index (χ1v) is 6.60. The molecule has 16 heavy (non-hydrogen) atoms. The number of thiazole rings is 1. The predicted octanol–water partition coefficient (Wildman–Crippen LogP) is 3.38. The van der Waals surface area contributed by atoms with Gasteiger partial charge in [0, 0.05) is 12.0 Å². The number of fused-ring (bicyclic) bond motifs is 1. The van der Waals surface area contributed by atoms with Gasteiger partial charge in [-0.05, 0) is 34.6 Å². The number of hydrogen-bond donors (Lipinski definition) is 1. The van der Waals surface area contributed by atoms with Crippen LogP contribution < -0.4 is 5.32 Å². The van der Waals surface area contributed by atoms with Gasteiger partial charge in [0.2, 0.25) is 0 Å². The number of nitrogens with zero attached hydrogens (tertiary/aromatic N) is 1. The first-order valence-electron chi connectivity index (χ1n) is 5.78. The zero-order valence-electron chi connectivity index (χ0n) is 10.6. The van der Waals surface area contributed by atoms with Crippen molar-refractivity contribution < 1.29 is 4.74 Å². The molecule has 2 rings (SSSR count). The molecule has 0 spiro atoms. The van der Waals surface area contributed by atoms with Crippen molar-refractivity contribution in [2.75, 3.05) is 5.32 Å². The van der Waals surface area contributed by atoms with Gasteiger partial charge in [-0.3, -0.25) is 0 Å². The van der Waals surface area contributed by atoms with Crippen LogP contribution in [0.2, 0.25) is 0 Å². The van der Waals surface area contributed by atoms with Gasteiger partial charge in [0.05, 0.1) is 22.8 Å². The third-order valence-corrected chi connectivity index (χ3v) is 3.67. The third-order valence-electron chi connectivity index (χ3n) is 2.50. The minimum absolute atomic E-state index is 0.0656. The highest BCUT2D eigenvalue weighted by molar-refractivity contribution is 7.15. The largest absolute Gasteiger partial charge is 0.370 e. The number of aromatic nitrogens is 1. The normalized spacial score (nSPS) is 25.3. The molecule has 0 bridgehead atoms. The number of nitrogens with one attached hydrogen (secondary N) is 1. The van der Waals surface area contributed by atoms with E-state index < -0.39 is 0 Å². The summed E-state index contributed by atoms with van der Waals surface area (Å²) in [5, 5.41) is 4.44. The van der Waals surface area contributed by atoms with Gasteiger partial charge in [-0.25, -0.2) is 4.98 Å². The van der Waals surface area contributed by atoms with Crippen molar-refractivity contribution in [2.45, 2.75) is 58.8 Å². The molecular weight excluding hydrogens is 220 g/mol. The molecule has 0 fully saturated rings. The van der Waals surface area contributed by atoms with Crippen LogP contribution >= 0.6 is 11.3 Å². The van der Waals surface area contributed by atoms with Gasteiger partial charge in [0.1, 0.15) is 0 Å². The van der Waals surface area contributed by atoms with Gasteiger partial charge < -0.3 is 10.1 Å². The fraction of sp³-hybridized carbons (Fsp3) is 0.750. The van der Waals surface area contributed by atoms with Gasteiger partial charge in [-0.15, -0.1) is 0 Å². The van der Waals surface area contributed by atoms with E-state index in [0.29, 0.717) is 0 Å². The van der Waals surface area contributed by atoms with Gasteiger partial charge in [0.15, 0.2) is 5.13 Å². The van der Waals surface area contributed by atoms with E-state index in [2.05, 4.69) is 44.9 Å². The van der Waals surface area contributed by atoms with Crippen LogP contribution in [0.15, 0.2) is 0 Å². The van der Waals surface area contributed by atoms with Crippen LogP contribution in [-0.4, -0.2) is 16.6 Å². The summed E-state index contributed by atoms with van der Waals surface area (Å²) in [5.74, 6) is 0. The van der Waals surface area contributed by atoms with Gasteiger partial charge in [0.25, 0.3) is 0 Å². The summed E-state index contributed by atoms with van der Waals surface area (Å²) in [6, 6.07) is 0. The average Bonchev–Trinajstić information content (AvgIpc) is 2.43.